The molecule has 10 nitrogen and oxygen atoms in total. The minimum absolute atomic E-state index is 0.201. The highest BCUT2D eigenvalue weighted by atomic mass is 35.5. The highest BCUT2D eigenvalue weighted by Gasteiger charge is 2.20. The Hall–Kier alpha value is -3.31. The summed E-state index contributed by atoms with van der Waals surface area (Å²) in [6.45, 7) is 4.32. The third-order valence-electron chi connectivity index (χ3n) is 6.17. The zero-order chi connectivity index (χ0) is 26.3. The smallest absolute Gasteiger partial charge is 0.319 e. The van der Waals surface area contributed by atoms with E-state index in [2.05, 4.69) is 15.6 Å². The van der Waals surface area contributed by atoms with Gasteiger partial charge in [-0.2, -0.15) is 0 Å². The second kappa shape index (κ2) is 12.5. The average Bonchev–Trinajstić information content (AvgIpc) is 2.85. The molecule has 38 heavy (non-hydrogen) atoms. The van der Waals surface area contributed by atoms with Crippen molar-refractivity contribution in [3.05, 3.63) is 47.6 Å². The van der Waals surface area contributed by atoms with Crippen molar-refractivity contribution < 1.29 is 33.2 Å². The highest BCUT2D eigenvalue weighted by molar-refractivity contribution is 6.33. The number of amides is 2. The molecule has 2 aromatic carbocycles. The largest absolute Gasteiger partial charge is 0.493 e. The number of ether oxygens (including phenoxy) is 6. The van der Waals surface area contributed by atoms with Crippen LogP contribution in [0.15, 0.2) is 42.6 Å². The van der Waals surface area contributed by atoms with Crippen molar-refractivity contribution in [3.8, 4) is 23.0 Å². The Morgan fingerprint density at radius 3 is 2.61 bits per heavy atom. The molecule has 2 aliphatic rings. The number of methoxy groups -OCH3 is 1. The molecule has 3 aromatic rings. The molecule has 0 atom stereocenters. The molecule has 2 N–H and O–H groups in total. The van der Waals surface area contributed by atoms with Crippen LogP contribution in [0.2, 0.25) is 5.02 Å². The Labute approximate surface area is 225 Å². The number of rotatable bonds is 12. The molecule has 2 amide bonds. The van der Waals surface area contributed by atoms with Crippen LogP contribution in [0.3, 0.4) is 0 Å². The molecule has 0 saturated carbocycles. The fourth-order valence-corrected chi connectivity index (χ4v) is 4.10. The van der Waals surface area contributed by atoms with Gasteiger partial charge in [0.2, 0.25) is 0 Å². The summed E-state index contributed by atoms with van der Waals surface area (Å²) in [4.78, 5) is 16.6. The molecule has 2 saturated heterocycles. The fraction of sp³-hybridized carbons (Fsp3) is 0.407. The van der Waals surface area contributed by atoms with E-state index in [1.165, 1.54) is 0 Å². The monoisotopic (exact) mass is 543 g/mol. The van der Waals surface area contributed by atoms with Crippen LogP contribution in [-0.4, -0.2) is 70.4 Å². The summed E-state index contributed by atoms with van der Waals surface area (Å²) in [5, 5.41) is 6.68. The van der Waals surface area contributed by atoms with E-state index < -0.39 is 0 Å². The summed E-state index contributed by atoms with van der Waals surface area (Å²) in [6.07, 6.45) is 2.61. The summed E-state index contributed by atoms with van der Waals surface area (Å²) >= 11 is 6.42. The first-order valence-corrected chi connectivity index (χ1v) is 12.9. The lowest BCUT2D eigenvalue weighted by Crippen LogP contribution is -2.40. The van der Waals surface area contributed by atoms with Crippen LogP contribution in [0.4, 0.5) is 10.5 Å². The van der Waals surface area contributed by atoms with Crippen LogP contribution in [0.5, 0.6) is 23.0 Å². The summed E-state index contributed by atoms with van der Waals surface area (Å²) in [7, 11) is 1.59. The minimum Gasteiger partial charge on any atom is -0.493 e. The molecule has 0 unspecified atom stereocenters. The van der Waals surface area contributed by atoms with Gasteiger partial charge in [0.1, 0.15) is 17.6 Å². The van der Waals surface area contributed by atoms with E-state index in [-0.39, 0.29) is 12.1 Å². The van der Waals surface area contributed by atoms with E-state index >= 15 is 0 Å². The number of nitrogens with one attached hydrogen (secondary N) is 2. The normalized spacial score (nSPS) is 15.4. The van der Waals surface area contributed by atoms with Gasteiger partial charge in [-0.15, -0.1) is 0 Å². The first kappa shape index (κ1) is 26.3. The van der Waals surface area contributed by atoms with Crippen LogP contribution in [0.1, 0.15) is 6.42 Å². The van der Waals surface area contributed by atoms with E-state index in [0.717, 1.165) is 11.8 Å². The number of carbonyl (C=O) groups is 1. The van der Waals surface area contributed by atoms with Gasteiger partial charge in [-0.25, -0.2) is 4.79 Å². The Morgan fingerprint density at radius 1 is 1.05 bits per heavy atom. The van der Waals surface area contributed by atoms with Crippen LogP contribution < -0.4 is 24.8 Å². The number of fused-ring (bicyclic) bond motifs is 1. The van der Waals surface area contributed by atoms with Crippen molar-refractivity contribution in [3.63, 3.8) is 0 Å². The lowest BCUT2D eigenvalue weighted by atomic mass is 10.1. The van der Waals surface area contributed by atoms with Crippen molar-refractivity contribution in [2.75, 3.05) is 58.6 Å². The first-order valence-electron chi connectivity index (χ1n) is 12.5. The SMILES string of the molecule is COc1cc2c(Oc3ccc(NC(=O)NCC4COC4)c(Cl)c3)ccnc2cc1OCCCOC1COC1. The van der Waals surface area contributed by atoms with Gasteiger partial charge in [-0.1, -0.05) is 11.6 Å². The Balaban J connectivity index is 1.22. The number of carbonyl (C=O) groups excluding carboxylic acids is 1. The van der Waals surface area contributed by atoms with Crippen LogP contribution in [0, 0.1) is 5.92 Å². The Bertz CT molecular complexity index is 1270. The van der Waals surface area contributed by atoms with Gasteiger partial charge < -0.3 is 39.1 Å². The summed E-state index contributed by atoms with van der Waals surface area (Å²) in [5.41, 5.74) is 1.18. The minimum atomic E-state index is -0.321. The summed E-state index contributed by atoms with van der Waals surface area (Å²) < 4.78 is 33.5. The molecule has 0 spiro atoms. The molecule has 2 fully saturated rings. The number of pyridine rings is 1. The van der Waals surface area contributed by atoms with Crippen molar-refractivity contribution in [1.29, 1.82) is 0 Å². The molecule has 0 radical (unpaired) electrons. The number of hydrogen-bond donors (Lipinski definition) is 2. The second-order valence-electron chi connectivity index (χ2n) is 9.04. The lowest BCUT2D eigenvalue weighted by molar-refractivity contribution is -0.130. The first-order chi connectivity index (χ1) is 18.6. The number of anilines is 1. The van der Waals surface area contributed by atoms with E-state index in [1.807, 2.05) is 12.1 Å². The highest BCUT2D eigenvalue weighted by Crippen LogP contribution is 2.38. The zero-order valence-corrected chi connectivity index (χ0v) is 21.8. The van der Waals surface area contributed by atoms with E-state index in [0.29, 0.717) is 91.3 Å². The molecule has 0 aliphatic carbocycles. The molecule has 0 bridgehead atoms. The predicted molar refractivity (Wildman–Crippen MR) is 142 cm³/mol. The van der Waals surface area contributed by atoms with Crippen LogP contribution >= 0.6 is 11.6 Å². The van der Waals surface area contributed by atoms with Crippen LogP contribution in [0.25, 0.3) is 10.9 Å². The predicted octanol–water partition coefficient (Wildman–Crippen LogP) is 4.64. The van der Waals surface area contributed by atoms with Gasteiger partial charge in [-0.3, -0.25) is 4.98 Å². The molecule has 2 aliphatic heterocycles. The Kier molecular flexibility index (Phi) is 8.65. The standard InChI is InChI=1S/C27H30ClN3O7/c1-33-25-10-20-23(11-26(25)37-8-2-7-36-19-15-35-16-19)29-6-5-24(20)38-18-3-4-22(21(28)9-18)31-27(32)30-12-17-13-34-14-17/h3-6,9-11,17,19H,2,7-8,12-16H2,1H3,(H2,30,31,32). The molecule has 1 aromatic heterocycles. The summed E-state index contributed by atoms with van der Waals surface area (Å²) in [5.74, 6) is 2.61. The van der Waals surface area contributed by atoms with Gasteiger partial charge in [0, 0.05) is 42.6 Å². The number of nitrogens with zero attached hydrogens (tertiary/aromatic N) is 1. The van der Waals surface area contributed by atoms with Crippen molar-refractivity contribution >= 4 is 34.2 Å². The number of aromatic nitrogens is 1. The molecule has 3 heterocycles. The van der Waals surface area contributed by atoms with Crippen LogP contribution in [-0.2, 0) is 14.2 Å². The van der Waals surface area contributed by atoms with E-state index in [9.17, 15) is 4.79 Å². The molecule has 11 heteroatoms. The third-order valence-corrected chi connectivity index (χ3v) is 6.48. The van der Waals surface area contributed by atoms with Gasteiger partial charge in [0.25, 0.3) is 0 Å². The fourth-order valence-electron chi connectivity index (χ4n) is 3.88. The summed E-state index contributed by atoms with van der Waals surface area (Å²) in [6, 6.07) is 10.2. The number of benzene rings is 2. The maximum absolute atomic E-state index is 12.2. The van der Waals surface area contributed by atoms with Crippen molar-refractivity contribution in [2.24, 2.45) is 5.92 Å². The van der Waals surface area contributed by atoms with Gasteiger partial charge >= 0.3 is 6.03 Å². The molecular formula is C27H30ClN3O7. The van der Waals surface area contributed by atoms with Gasteiger partial charge in [0.15, 0.2) is 11.5 Å². The van der Waals surface area contributed by atoms with Gasteiger partial charge in [-0.05, 0) is 24.3 Å². The van der Waals surface area contributed by atoms with Crippen molar-refractivity contribution in [2.45, 2.75) is 12.5 Å². The molecular weight excluding hydrogens is 514 g/mol. The average molecular weight is 544 g/mol. The van der Waals surface area contributed by atoms with Gasteiger partial charge in [0.05, 0.1) is 63.0 Å². The zero-order valence-electron chi connectivity index (χ0n) is 21.0. The third kappa shape index (κ3) is 6.57. The maximum atomic E-state index is 12.2. The Morgan fingerprint density at radius 2 is 1.89 bits per heavy atom. The molecule has 5 rings (SSSR count). The van der Waals surface area contributed by atoms with E-state index in [4.69, 9.17) is 40.0 Å². The van der Waals surface area contributed by atoms with E-state index in [1.54, 1.807) is 37.6 Å². The maximum Gasteiger partial charge on any atom is 0.319 e. The molecule has 202 valence electrons. The number of hydrogen-bond acceptors (Lipinski definition) is 8. The lowest BCUT2D eigenvalue weighted by Gasteiger charge is -2.25. The number of urea groups is 1. The topological polar surface area (TPSA) is 109 Å². The second-order valence-corrected chi connectivity index (χ2v) is 9.45. The van der Waals surface area contributed by atoms with Crippen molar-refractivity contribution in [1.82, 2.24) is 10.3 Å². The quantitative estimate of drug-likeness (QED) is 0.318. The number of halogens is 1.